The van der Waals surface area contributed by atoms with E-state index < -0.39 is 11.9 Å². The molecule has 1 amide bonds. The van der Waals surface area contributed by atoms with Crippen LogP contribution in [0, 0.1) is 25.4 Å². The Bertz CT molecular complexity index is 1310. The van der Waals surface area contributed by atoms with Crippen molar-refractivity contribution in [1.29, 1.82) is 5.26 Å². The van der Waals surface area contributed by atoms with Crippen molar-refractivity contribution in [2.75, 3.05) is 5.32 Å². The van der Waals surface area contributed by atoms with Crippen LogP contribution in [0.25, 0.3) is 6.08 Å². The molecule has 3 rings (SSSR count). The van der Waals surface area contributed by atoms with Crippen LogP contribution in [0.5, 0.6) is 5.75 Å². The first-order valence-electron chi connectivity index (χ1n) is 9.82. The van der Waals surface area contributed by atoms with Crippen LogP contribution in [0.15, 0.2) is 60.2 Å². The number of carbonyl (C=O) groups excluding carboxylic acids is 1. The monoisotopic (exact) mass is 698 g/mol. The van der Waals surface area contributed by atoms with E-state index in [0.29, 0.717) is 22.0 Å². The molecule has 3 aromatic carbocycles. The molecule has 0 unspecified atom stereocenters. The molecule has 0 aromatic heterocycles. The predicted octanol–water partition coefficient (Wildman–Crippen LogP) is 6.68. The van der Waals surface area contributed by atoms with Gasteiger partial charge in [0.25, 0.3) is 5.91 Å². The maximum Gasteiger partial charge on any atom is 0.335 e. The number of halogens is 3. The first kappa shape index (κ1) is 26.0. The number of benzene rings is 3. The van der Waals surface area contributed by atoms with Crippen LogP contribution in [0.1, 0.15) is 27.0 Å². The summed E-state index contributed by atoms with van der Waals surface area (Å²) >= 11 is 10.4. The number of nitrogens with one attached hydrogen (secondary N) is 1. The quantitative estimate of drug-likeness (QED) is 0.163. The van der Waals surface area contributed by atoms with Gasteiger partial charge in [-0.3, -0.25) is 4.79 Å². The fraction of sp³-hybridized carbons (Fsp3) is 0.0800. The highest BCUT2D eigenvalue weighted by molar-refractivity contribution is 14.1. The molecule has 0 spiro atoms. The van der Waals surface area contributed by atoms with Crippen molar-refractivity contribution >= 4 is 80.4 Å². The van der Waals surface area contributed by atoms with Gasteiger partial charge in [0.2, 0.25) is 0 Å². The lowest BCUT2D eigenvalue weighted by Crippen LogP contribution is -2.14. The molecule has 0 fully saturated rings. The van der Waals surface area contributed by atoms with Crippen molar-refractivity contribution in [3.63, 3.8) is 0 Å². The van der Waals surface area contributed by atoms with E-state index in [2.05, 4.69) is 50.5 Å². The first-order chi connectivity index (χ1) is 16.2. The van der Waals surface area contributed by atoms with Crippen LogP contribution in [0.4, 0.5) is 5.69 Å². The highest BCUT2D eigenvalue weighted by Crippen LogP contribution is 2.31. The molecule has 34 heavy (non-hydrogen) atoms. The van der Waals surface area contributed by atoms with Crippen molar-refractivity contribution in [1.82, 2.24) is 0 Å². The van der Waals surface area contributed by atoms with Crippen molar-refractivity contribution in [2.45, 2.75) is 13.5 Å². The van der Waals surface area contributed by atoms with E-state index >= 15 is 0 Å². The topological polar surface area (TPSA) is 99.4 Å². The second-order valence-electron chi connectivity index (χ2n) is 7.14. The number of anilines is 1. The average molecular weight is 699 g/mol. The van der Waals surface area contributed by atoms with Gasteiger partial charge in [0, 0.05) is 10.7 Å². The van der Waals surface area contributed by atoms with Crippen molar-refractivity contribution in [3.05, 3.63) is 94.6 Å². The van der Waals surface area contributed by atoms with Gasteiger partial charge in [0.15, 0.2) is 0 Å². The normalized spacial score (nSPS) is 11.0. The fourth-order valence-corrected chi connectivity index (χ4v) is 5.25. The number of carboxylic acids is 1. The summed E-state index contributed by atoms with van der Waals surface area (Å²) in [7, 11) is 0. The number of carbonyl (C=O) groups is 2. The number of ether oxygens (including phenoxy) is 1. The minimum Gasteiger partial charge on any atom is -0.487 e. The fourth-order valence-electron chi connectivity index (χ4n) is 2.95. The van der Waals surface area contributed by atoms with E-state index in [1.54, 1.807) is 37.3 Å². The Hall–Kier alpha value is -2.62. The SMILES string of the molecule is Cc1c(Cl)cccc1NC(=O)/C(C#N)=C\c1cc(I)c(OCc2ccc(C(=O)O)cc2)c(I)c1. The van der Waals surface area contributed by atoms with E-state index in [0.717, 1.165) is 18.3 Å². The van der Waals surface area contributed by atoms with Crippen LogP contribution in [-0.2, 0) is 11.4 Å². The summed E-state index contributed by atoms with van der Waals surface area (Å²) < 4.78 is 7.56. The van der Waals surface area contributed by atoms with Gasteiger partial charge in [0.1, 0.15) is 24.0 Å². The summed E-state index contributed by atoms with van der Waals surface area (Å²) in [5.74, 6) is -0.838. The second kappa shape index (κ2) is 11.7. The lowest BCUT2D eigenvalue weighted by Gasteiger charge is -2.12. The standard InChI is InChI=1S/C25H17ClI2N2O4/c1-14-19(26)3-2-4-22(14)30-24(31)18(12-29)9-16-10-20(27)23(21(28)11-16)34-13-15-5-7-17(8-6-15)25(32)33/h2-11H,13H2,1H3,(H,30,31)(H,32,33)/b18-9-. The second-order valence-corrected chi connectivity index (χ2v) is 9.87. The Morgan fingerprint density at radius 3 is 2.38 bits per heavy atom. The number of amides is 1. The first-order valence-corrected chi connectivity index (χ1v) is 12.4. The predicted molar refractivity (Wildman–Crippen MR) is 148 cm³/mol. The lowest BCUT2D eigenvalue weighted by molar-refractivity contribution is -0.112. The highest BCUT2D eigenvalue weighted by Gasteiger charge is 2.14. The molecular weight excluding hydrogens is 682 g/mol. The van der Waals surface area contributed by atoms with Gasteiger partial charge in [-0.2, -0.15) is 5.26 Å². The van der Waals surface area contributed by atoms with E-state index in [9.17, 15) is 14.9 Å². The van der Waals surface area contributed by atoms with Crippen molar-refractivity contribution in [3.8, 4) is 11.8 Å². The zero-order valence-corrected chi connectivity index (χ0v) is 22.8. The Kier molecular flexibility index (Phi) is 8.93. The van der Waals surface area contributed by atoms with Gasteiger partial charge in [-0.05, 0) is 111 Å². The third kappa shape index (κ3) is 6.49. The molecule has 0 saturated heterocycles. The number of carboxylic acid groups (broad SMARTS) is 1. The summed E-state index contributed by atoms with van der Waals surface area (Å²) in [6, 6.07) is 17.3. The van der Waals surface area contributed by atoms with Gasteiger partial charge in [-0.1, -0.05) is 29.8 Å². The third-order valence-electron chi connectivity index (χ3n) is 4.80. The van der Waals surface area contributed by atoms with Gasteiger partial charge in [-0.15, -0.1) is 0 Å². The minimum atomic E-state index is -0.978. The number of aromatic carboxylic acids is 1. The van der Waals surface area contributed by atoms with Crippen LogP contribution in [0.3, 0.4) is 0 Å². The maximum absolute atomic E-state index is 12.7. The average Bonchev–Trinajstić information content (AvgIpc) is 2.80. The van der Waals surface area contributed by atoms with E-state index in [4.69, 9.17) is 21.4 Å². The maximum atomic E-state index is 12.7. The zero-order chi connectivity index (χ0) is 24.8. The summed E-state index contributed by atoms with van der Waals surface area (Å²) in [5, 5.41) is 21.8. The molecule has 0 aliphatic carbocycles. The molecule has 0 bridgehead atoms. The van der Waals surface area contributed by atoms with E-state index in [1.165, 1.54) is 18.2 Å². The summed E-state index contributed by atoms with van der Waals surface area (Å²) in [4.78, 5) is 23.6. The summed E-state index contributed by atoms with van der Waals surface area (Å²) in [5.41, 5.74) is 2.95. The van der Waals surface area contributed by atoms with Crippen molar-refractivity contribution < 1.29 is 19.4 Å². The van der Waals surface area contributed by atoms with Crippen LogP contribution < -0.4 is 10.1 Å². The molecule has 0 radical (unpaired) electrons. The third-order valence-corrected chi connectivity index (χ3v) is 6.81. The number of nitriles is 1. The molecule has 9 heteroatoms. The van der Waals surface area contributed by atoms with Gasteiger partial charge < -0.3 is 15.2 Å². The summed E-state index contributed by atoms with van der Waals surface area (Å²) in [6.07, 6.45) is 1.52. The zero-order valence-electron chi connectivity index (χ0n) is 17.7. The largest absolute Gasteiger partial charge is 0.487 e. The van der Waals surface area contributed by atoms with Crippen molar-refractivity contribution in [2.24, 2.45) is 0 Å². The van der Waals surface area contributed by atoms with Gasteiger partial charge in [0.05, 0.1) is 12.7 Å². The molecule has 0 atom stereocenters. The molecule has 172 valence electrons. The summed E-state index contributed by atoms with van der Waals surface area (Å²) in [6.45, 7) is 2.06. The highest BCUT2D eigenvalue weighted by atomic mass is 127. The molecule has 0 aliphatic rings. The van der Waals surface area contributed by atoms with E-state index in [-0.39, 0.29) is 17.7 Å². The molecule has 3 aromatic rings. The Balaban J connectivity index is 1.76. The molecule has 0 aliphatic heterocycles. The van der Waals surface area contributed by atoms with Crippen LogP contribution >= 0.6 is 56.8 Å². The van der Waals surface area contributed by atoms with Gasteiger partial charge >= 0.3 is 5.97 Å². The number of hydrogen-bond acceptors (Lipinski definition) is 4. The van der Waals surface area contributed by atoms with E-state index in [1.807, 2.05) is 18.2 Å². The Morgan fingerprint density at radius 2 is 1.79 bits per heavy atom. The molecule has 2 N–H and O–H groups in total. The Morgan fingerprint density at radius 1 is 1.15 bits per heavy atom. The number of rotatable bonds is 7. The molecule has 6 nitrogen and oxygen atoms in total. The molecule has 0 saturated carbocycles. The van der Waals surface area contributed by atoms with Crippen LogP contribution in [-0.4, -0.2) is 17.0 Å². The lowest BCUT2D eigenvalue weighted by atomic mass is 10.1. The number of hydrogen-bond donors (Lipinski definition) is 2. The minimum absolute atomic E-state index is 0.0434. The molecule has 0 heterocycles. The van der Waals surface area contributed by atoms with Gasteiger partial charge in [-0.25, -0.2) is 4.79 Å². The smallest absolute Gasteiger partial charge is 0.335 e. The molecular formula is C25H17ClI2N2O4. The number of nitrogens with zero attached hydrogens (tertiary/aromatic N) is 1. The Labute approximate surface area is 228 Å². The van der Waals surface area contributed by atoms with Crippen LogP contribution in [0.2, 0.25) is 5.02 Å².